The van der Waals surface area contributed by atoms with Crippen LogP contribution in [-0.2, 0) is 17.8 Å². The van der Waals surface area contributed by atoms with Crippen LogP contribution in [0.15, 0.2) is 47.5 Å². The van der Waals surface area contributed by atoms with Crippen molar-refractivity contribution >= 4 is 17.0 Å². The lowest BCUT2D eigenvalue weighted by atomic mass is 10.1. The van der Waals surface area contributed by atoms with Crippen molar-refractivity contribution in [2.24, 2.45) is 5.92 Å². The molecule has 3 atom stereocenters. The quantitative estimate of drug-likeness (QED) is 0.734. The molecule has 4 rings (SSSR count). The first-order chi connectivity index (χ1) is 12.2. The third kappa shape index (κ3) is 3.56. The summed E-state index contributed by atoms with van der Waals surface area (Å²) in [6.45, 7) is 0.763. The van der Waals surface area contributed by atoms with Gasteiger partial charge in [-0.05, 0) is 42.5 Å². The largest absolute Gasteiger partial charge is 0.443 e. The molecule has 2 aromatic heterocycles. The normalized spacial score (nSPS) is 23.2. The van der Waals surface area contributed by atoms with Crippen LogP contribution in [0.4, 0.5) is 0 Å². The van der Waals surface area contributed by atoms with Crippen LogP contribution in [0.3, 0.4) is 0 Å². The van der Waals surface area contributed by atoms with E-state index in [9.17, 15) is 9.90 Å². The van der Waals surface area contributed by atoms with Crippen molar-refractivity contribution in [2.45, 2.75) is 38.0 Å². The number of amides is 1. The Balaban J connectivity index is 1.33. The van der Waals surface area contributed by atoms with E-state index in [4.69, 9.17) is 4.42 Å². The van der Waals surface area contributed by atoms with E-state index in [1.807, 2.05) is 35.1 Å². The smallest absolute Gasteiger partial charge is 0.224 e. The Morgan fingerprint density at radius 1 is 1.40 bits per heavy atom. The van der Waals surface area contributed by atoms with Crippen molar-refractivity contribution in [3.63, 3.8) is 0 Å². The Morgan fingerprint density at radius 3 is 3.16 bits per heavy atom. The van der Waals surface area contributed by atoms with Gasteiger partial charge in [-0.25, -0.2) is 4.98 Å². The summed E-state index contributed by atoms with van der Waals surface area (Å²) < 4.78 is 7.07. The Morgan fingerprint density at radius 2 is 2.32 bits per heavy atom. The minimum Gasteiger partial charge on any atom is -0.443 e. The average Bonchev–Trinajstić information content (AvgIpc) is 3.30. The maximum absolute atomic E-state index is 12.3. The second-order valence-corrected chi connectivity index (χ2v) is 6.64. The number of hydrogen-bond donors (Lipinski definition) is 2. The molecule has 0 bridgehead atoms. The highest BCUT2D eigenvalue weighted by Gasteiger charge is 2.34. The number of nitrogens with zero attached hydrogens (tertiary/aromatic N) is 3. The highest BCUT2D eigenvalue weighted by atomic mass is 16.3. The Hall–Kier alpha value is -2.67. The van der Waals surface area contributed by atoms with Crippen LogP contribution >= 0.6 is 0 Å². The molecular formula is C18H20N4O3. The lowest BCUT2D eigenvalue weighted by Crippen LogP contribution is -2.40. The average molecular weight is 340 g/mol. The highest BCUT2D eigenvalue weighted by Crippen LogP contribution is 2.27. The molecule has 25 heavy (non-hydrogen) atoms. The van der Waals surface area contributed by atoms with Gasteiger partial charge in [-0.15, -0.1) is 0 Å². The molecule has 1 fully saturated rings. The fourth-order valence-electron chi connectivity index (χ4n) is 3.55. The summed E-state index contributed by atoms with van der Waals surface area (Å²) in [6.07, 6.45) is 6.24. The maximum Gasteiger partial charge on any atom is 0.224 e. The number of nitrogens with one attached hydrogen (secondary N) is 1. The van der Waals surface area contributed by atoms with Crippen molar-refractivity contribution in [2.75, 3.05) is 0 Å². The van der Waals surface area contributed by atoms with Gasteiger partial charge in [0.25, 0.3) is 0 Å². The molecule has 2 heterocycles. The zero-order chi connectivity index (χ0) is 17.2. The first-order valence-electron chi connectivity index (χ1n) is 8.44. The molecule has 0 saturated heterocycles. The van der Waals surface area contributed by atoms with E-state index in [1.54, 1.807) is 6.20 Å². The van der Waals surface area contributed by atoms with Crippen LogP contribution in [0.5, 0.6) is 0 Å². The van der Waals surface area contributed by atoms with E-state index in [2.05, 4.69) is 15.4 Å². The monoisotopic (exact) mass is 340 g/mol. The van der Waals surface area contributed by atoms with E-state index < -0.39 is 6.10 Å². The summed E-state index contributed by atoms with van der Waals surface area (Å²) in [5.74, 6) is 0.221. The molecule has 1 aromatic carbocycles. The topological polar surface area (TPSA) is 93.2 Å². The zero-order valence-corrected chi connectivity index (χ0v) is 13.7. The van der Waals surface area contributed by atoms with Gasteiger partial charge >= 0.3 is 0 Å². The number of benzene rings is 1. The minimum atomic E-state index is -0.512. The van der Waals surface area contributed by atoms with Crippen LogP contribution in [-0.4, -0.2) is 37.9 Å². The minimum absolute atomic E-state index is 0.0911. The molecule has 1 amide bonds. The van der Waals surface area contributed by atoms with Crippen LogP contribution in [0.2, 0.25) is 0 Å². The molecule has 130 valence electrons. The molecule has 1 saturated carbocycles. The van der Waals surface area contributed by atoms with Crippen molar-refractivity contribution in [1.29, 1.82) is 0 Å². The van der Waals surface area contributed by atoms with E-state index in [0.717, 1.165) is 24.0 Å². The number of rotatable bonds is 5. The summed E-state index contributed by atoms with van der Waals surface area (Å²) in [5.41, 5.74) is 2.32. The van der Waals surface area contributed by atoms with Gasteiger partial charge < -0.3 is 14.8 Å². The molecule has 2 N–H and O–H groups in total. The second-order valence-electron chi connectivity index (χ2n) is 6.64. The van der Waals surface area contributed by atoms with Gasteiger partial charge in [-0.1, -0.05) is 6.07 Å². The number of fused-ring (bicyclic) bond motifs is 1. The lowest BCUT2D eigenvalue weighted by molar-refractivity contribution is -0.121. The number of carbonyl (C=O) groups is 1. The summed E-state index contributed by atoms with van der Waals surface area (Å²) in [5, 5.41) is 17.4. The van der Waals surface area contributed by atoms with Gasteiger partial charge in [-0.3, -0.25) is 9.48 Å². The van der Waals surface area contributed by atoms with Crippen molar-refractivity contribution in [3.05, 3.63) is 48.6 Å². The van der Waals surface area contributed by atoms with Crippen LogP contribution in [0.25, 0.3) is 11.1 Å². The summed E-state index contributed by atoms with van der Waals surface area (Å²) in [7, 11) is 0. The molecule has 7 heteroatoms. The number of hydrogen-bond acceptors (Lipinski definition) is 5. The number of aliphatic hydroxyl groups excluding tert-OH is 1. The van der Waals surface area contributed by atoms with Gasteiger partial charge in [-0.2, -0.15) is 5.10 Å². The number of oxazole rings is 1. The molecule has 7 nitrogen and oxygen atoms in total. The molecular weight excluding hydrogens is 320 g/mol. The maximum atomic E-state index is 12.3. The van der Waals surface area contributed by atoms with E-state index in [0.29, 0.717) is 17.9 Å². The molecule has 1 aliphatic carbocycles. The second kappa shape index (κ2) is 6.68. The molecule has 0 radical (unpaired) electrons. The van der Waals surface area contributed by atoms with Gasteiger partial charge in [0.15, 0.2) is 12.0 Å². The fourth-order valence-corrected chi connectivity index (χ4v) is 3.55. The SMILES string of the molecule is O=C(Cc1ccc2ocnc2c1)N[C@@H]1CC(Cn2cccn2)C[C@H]1O. The molecule has 3 aromatic rings. The molecule has 1 unspecified atom stereocenters. The predicted octanol–water partition coefficient (Wildman–Crippen LogP) is 1.52. The highest BCUT2D eigenvalue weighted by molar-refractivity contribution is 5.81. The van der Waals surface area contributed by atoms with Gasteiger partial charge in [0.2, 0.25) is 5.91 Å². The summed E-state index contributed by atoms with van der Waals surface area (Å²) >= 11 is 0. The molecule has 1 aliphatic rings. The third-order valence-corrected chi connectivity index (χ3v) is 4.74. The summed E-state index contributed by atoms with van der Waals surface area (Å²) in [6, 6.07) is 7.21. The zero-order valence-electron chi connectivity index (χ0n) is 13.7. The predicted molar refractivity (Wildman–Crippen MR) is 90.6 cm³/mol. The van der Waals surface area contributed by atoms with E-state index in [-0.39, 0.29) is 18.4 Å². The molecule has 0 spiro atoms. The Bertz CT molecular complexity index is 858. The van der Waals surface area contributed by atoms with E-state index in [1.165, 1.54) is 6.39 Å². The summed E-state index contributed by atoms with van der Waals surface area (Å²) in [4.78, 5) is 16.4. The lowest BCUT2D eigenvalue weighted by Gasteiger charge is -2.16. The van der Waals surface area contributed by atoms with Crippen molar-refractivity contribution in [3.8, 4) is 0 Å². The molecule has 0 aliphatic heterocycles. The van der Waals surface area contributed by atoms with Crippen molar-refractivity contribution in [1.82, 2.24) is 20.1 Å². The van der Waals surface area contributed by atoms with E-state index >= 15 is 0 Å². The van der Waals surface area contributed by atoms with Crippen molar-refractivity contribution < 1.29 is 14.3 Å². The first kappa shape index (κ1) is 15.8. The number of aliphatic hydroxyl groups is 1. The van der Waals surface area contributed by atoms with Crippen LogP contribution < -0.4 is 5.32 Å². The van der Waals surface area contributed by atoms with Crippen LogP contribution in [0.1, 0.15) is 18.4 Å². The third-order valence-electron chi connectivity index (χ3n) is 4.74. The fraction of sp³-hybridized carbons (Fsp3) is 0.389. The number of carbonyl (C=O) groups excluding carboxylic acids is 1. The van der Waals surface area contributed by atoms with Crippen LogP contribution in [0, 0.1) is 5.92 Å². The standard InChI is InChI=1S/C18H20N4O3/c23-16-8-13(10-22-5-1-4-20-22)7-14(16)21-18(24)9-12-2-3-17-15(6-12)19-11-25-17/h1-6,11,13-14,16,23H,7-10H2,(H,21,24)/t13?,14-,16-/m1/s1. The number of aromatic nitrogens is 3. The van der Waals surface area contributed by atoms with Gasteiger partial charge in [0.05, 0.1) is 18.6 Å². The van der Waals surface area contributed by atoms with Gasteiger partial charge in [0, 0.05) is 18.9 Å². The Labute approximate surface area is 144 Å². The first-order valence-corrected chi connectivity index (χ1v) is 8.44. The Kier molecular flexibility index (Phi) is 4.23. The van der Waals surface area contributed by atoms with Gasteiger partial charge in [0.1, 0.15) is 5.52 Å².